The third-order valence-corrected chi connectivity index (χ3v) is 4.49. The van der Waals surface area contributed by atoms with Gasteiger partial charge in [0.15, 0.2) is 6.67 Å². The number of thiocarbonyl (C=S) groups is 1. The molecule has 0 fully saturated rings. The first-order valence-electron chi connectivity index (χ1n) is 8.48. The zero-order chi connectivity index (χ0) is 17.8. The Morgan fingerprint density at radius 2 is 1.27 bits per heavy atom. The van der Waals surface area contributed by atoms with Crippen LogP contribution in [0.25, 0.3) is 0 Å². The summed E-state index contributed by atoms with van der Waals surface area (Å²) in [6.07, 6.45) is 0. The molecule has 0 aromatic heterocycles. The van der Waals surface area contributed by atoms with Crippen LogP contribution in [0.1, 0.15) is 5.56 Å². The van der Waals surface area contributed by atoms with Crippen LogP contribution in [0.3, 0.4) is 0 Å². The molecule has 26 heavy (non-hydrogen) atoms. The Hall–Kier alpha value is -3.18. The molecule has 3 aromatic rings. The van der Waals surface area contributed by atoms with Crippen molar-refractivity contribution < 1.29 is 4.99 Å². The largest absolute Gasteiger partial charge is 0.286 e. The average molecular weight is 359 g/mol. The summed E-state index contributed by atoms with van der Waals surface area (Å²) >= 11 is 5.69. The van der Waals surface area contributed by atoms with Gasteiger partial charge in [0.25, 0.3) is 10.9 Å². The minimum Gasteiger partial charge on any atom is -0.254 e. The molecule has 0 amide bonds. The van der Waals surface area contributed by atoms with Gasteiger partial charge >= 0.3 is 0 Å². The van der Waals surface area contributed by atoms with Gasteiger partial charge in [-0.2, -0.15) is 5.01 Å². The highest BCUT2D eigenvalue weighted by Gasteiger charge is 2.29. The van der Waals surface area contributed by atoms with Crippen LogP contribution >= 0.6 is 12.2 Å². The molecular formula is C21H19N4S+. The van der Waals surface area contributed by atoms with Crippen molar-refractivity contribution in [3.8, 4) is 0 Å². The van der Waals surface area contributed by atoms with Crippen molar-refractivity contribution in [2.75, 3.05) is 11.7 Å². The van der Waals surface area contributed by atoms with Crippen molar-refractivity contribution in [3.05, 3.63) is 96.6 Å². The molecule has 5 heteroatoms. The van der Waals surface area contributed by atoms with Crippen LogP contribution in [0.5, 0.6) is 0 Å². The highest BCUT2D eigenvalue weighted by atomic mass is 32.1. The molecule has 3 aromatic carbocycles. The summed E-state index contributed by atoms with van der Waals surface area (Å²) in [6, 6.07) is 30.6. The molecule has 1 aliphatic rings. The second-order valence-electron chi connectivity index (χ2n) is 5.89. The van der Waals surface area contributed by atoms with E-state index in [0.29, 0.717) is 11.8 Å². The molecule has 0 unspecified atom stereocenters. The number of hydrogen-bond acceptors (Lipinski definition) is 2. The number of rotatable bonds is 4. The summed E-state index contributed by atoms with van der Waals surface area (Å²) in [5.41, 5.74) is 3.18. The zero-order valence-corrected chi connectivity index (χ0v) is 15.0. The topological polar surface area (TPSA) is 32.5 Å². The van der Waals surface area contributed by atoms with E-state index in [-0.39, 0.29) is 0 Å². The molecule has 0 bridgehead atoms. The lowest BCUT2D eigenvalue weighted by Gasteiger charge is -2.36. The molecule has 0 atom stereocenters. The van der Waals surface area contributed by atoms with Crippen molar-refractivity contribution in [2.45, 2.75) is 0 Å². The summed E-state index contributed by atoms with van der Waals surface area (Å²) in [6.45, 7) is 0.569. The van der Waals surface area contributed by atoms with E-state index in [1.165, 1.54) is 0 Å². The number of benzene rings is 3. The van der Waals surface area contributed by atoms with E-state index in [0.717, 1.165) is 22.8 Å². The summed E-state index contributed by atoms with van der Waals surface area (Å²) in [7, 11) is 0. The predicted molar refractivity (Wildman–Crippen MR) is 109 cm³/mol. The second-order valence-corrected chi connectivity index (χ2v) is 6.28. The van der Waals surface area contributed by atoms with Gasteiger partial charge in [0, 0.05) is 0 Å². The fourth-order valence-corrected chi connectivity index (χ4v) is 3.20. The van der Waals surface area contributed by atoms with Crippen LogP contribution in [-0.2, 0) is 0 Å². The van der Waals surface area contributed by atoms with Gasteiger partial charge in [-0.05, 0) is 48.6 Å². The van der Waals surface area contributed by atoms with Crippen molar-refractivity contribution in [1.82, 2.24) is 10.3 Å². The summed E-state index contributed by atoms with van der Waals surface area (Å²) in [5.74, 6) is 0.924. The third kappa shape index (κ3) is 3.30. The summed E-state index contributed by atoms with van der Waals surface area (Å²) in [5, 5.41) is 8.11. The zero-order valence-electron chi connectivity index (χ0n) is 14.2. The number of hydrogen-bond donors (Lipinski definition) is 2. The number of nitrogens with zero attached hydrogens (tertiary/aromatic N) is 2. The molecular weight excluding hydrogens is 340 g/mol. The Morgan fingerprint density at radius 1 is 0.769 bits per heavy atom. The number of hydrazine groups is 1. The van der Waals surface area contributed by atoms with Crippen molar-refractivity contribution in [2.24, 2.45) is 0 Å². The lowest BCUT2D eigenvalue weighted by atomic mass is 10.2. The lowest BCUT2D eigenvalue weighted by molar-refractivity contribution is -0.483. The Balaban J connectivity index is 1.69. The van der Waals surface area contributed by atoms with Gasteiger partial charge < -0.3 is 0 Å². The molecule has 0 spiro atoms. The minimum atomic E-state index is 0.569. The first-order chi connectivity index (χ1) is 12.8. The van der Waals surface area contributed by atoms with Gasteiger partial charge in [-0.25, -0.2) is 10.3 Å². The molecule has 4 nitrogen and oxygen atoms in total. The van der Waals surface area contributed by atoms with Crippen molar-refractivity contribution in [3.63, 3.8) is 0 Å². The molecule has 0 saturated heterocycles. The SMILES string of the molecule is S=C1NC(c2ccccc2)=[NH+]CN1N(c1ccccc1)c1ccccc1. The Morgan fingerprint density at radius 3 is 1.77 bits per heavy atom. The van der Waals surface area contributed by atoms with Crippen LogP contribution in [-0.4, -0.2) is 22.6 Å². The molecule has 1 heterocycles. The van der Waals surface area contributed by atoms with E-state index < -0.39 is 0 Å². The van der Waals surface area contributed by atoms with E-state index in [1.807, 2.05) is 59.6 Å². The fourth-order valence-electron chi connectivity index (χ4n) is 2.95. The highest BCUT2D eigenvalue weighted by molar-refractivity contribution is 7.80. The van der Waals surface area contributed by atoms with Gasteiger partial charge in [0.2, 0.25) is 0 Å². The van der Waals surface area contributed by atoms with Crippen molar-refractivity contribution in [1.29, 1.82) is 0 Å². The molecule has 2 N–H and O–H groups in total. The quantitative estimate of drug-likeness (QED) is 0.701. The van der Waals surface area contributed by atoms with E-state index in [4.69, 9.17) is 12.2 Å². The van der Waals surface area contributed by atoms with E-state index in [1.54, 1.807) is 0 Å². The number of para-hydroxylation sites is 2. The predicted octanol–water partition coefficient (Wildman–Crippen LogP) is 2.41. The normalized spacial score (nSPS) is 13.8. The molecule has 0 aliphatic carbocycles. The van der Waals surface area contributed by atoms with E-state index in [9.17, 15) is 0 Å². The van der Waals surface area contributed by atoms with Gasteiger partial charge in [0.05, 0.1) is 16.9 Å². The maximum absolute atomic E-state index is 5.69. The standard InChI is InChI=1S/C21H18N4S/c26-21-23-20(17-10-4-1-5-11-17)22-16-24(21)25(18-12-6-2-7-13-18)19-14-8-3-9-15-19/h1-15H,16H2,(H,22,23,26)/p+1. The van der Waals surface area contributed by atoms with E-state index in [2.05, 4.69) is 51.7 Å². The Labute approximate surface area is 158 Å². The molecule has 1 aliphatic heterocycles. The lowest BCUT2D eigenvalue weighted by Crippen LogP contribution is -2.86. The van der Waals surface area contributed by atoms with Crippen molar-refractivity contribution >= 4 is 34.5 Å². The van der Waals surface area contributed by atoms with E-state index >= 15 is 0 Å². The molecule has 4 rings (SSSR count). The minimum absolute atomic E-state index is 0.569. The number of amidine groups is 1. The molecule has 128 valence electrons. The van der Waals surface area contributed by atoms with Crippen LogP contribution in [0.2, 0.25) is 0 Å². The van der Waals surface area contributed by atoms with Gasteiger partial charge in [-0.3, -0.25) is 4.99 Å². The Kier molecular flexibility index (Phi) is 4.62. The van der Waals surface area contributed by atoms with Gasteiger partial charge in [-0.1, -0.05) is 54.6 Å². The third-order valence-electron chi connectivity index (χ3n) is 4.18. The van der Waals surface area contributed by atoms with Crippen LogP contribution < -0.4 is 15.3 Å². The van der Waals surface area contributed by atoms with Crippen LogP contribution in [0.15, 0.2) is 91.0 Å². The fraction of sp³-hybridized carbons (Fsp3) is 0.0476. The van der Waals surface area contributed by atoms with Gasteiger partial charge in [-0.15, -0.1) is 0 Å². The summed E-state index contributed by atoms with van der Waals surface area (Å²) < 4.78 is 0. The highest BCUT2D eigenvalue weighted by Crippen LogP contribution is 2.26. The first kappa shape index (κ1) is 16.3. The average Bonchev–Trinajstić information content (AvgIpc) is 2.72. The maximum atomic E-state index is 5.69. The van der Waals surface area contributed by atoms with Gasteiger partial charge in [0.1, 0.15) is 0 Å². The first-order valence-corrected chi connectivity index (χ1v) is 8.89. The molecule has 0 saturated carbocycles. The monoisotopic (exact) mass is 359 g/mol. The number of nitrogens with one attached hydrogen (secondary N) is 2. The smallest absolute Gasteiger partial charge is 0.254 e. The summed E-state index contributed by atoms with van der Waals surface area (Å²) in [4.78, 5) is 3.44. The van der Waals surface area contributed by atoms with Crippen LogP contribution in [0.4, 0.5) is 11.4 Å². The van der Waals surface area contributed by atoms with Crippen LogP contribution in [0, 0.1) is 0 Å². The second kappa shape index (κ2) is 7.37. The molecule has 0 radical (unpaired) electrons. The number of anilines is 2. The maximum Gasteiger partial charge on any atom is 0.286 e. The Bertz CT molecular complexity index is 871.